The second-order valence-electron chi connectivity index (χ2n) is 9.09. The summed E-state index contributed by atoms with van der Waals surface area (Å²) in [5.41, 5.74) is 3.80. The van der Waals surface area contributed by atoms with Crippen LogP contribution in [0.2, 0.25) is 0 Å². The Kier molecular flexibility index (Phi) is 6.08. The monoisotopic (exact) mass is 361 g/mol. The van der Waals surface area contributed by atoms with Gasteiger partial charge in [-0.25, -0.2) is 0 Å². The lowest BCUT2D eigenvalue weighted by atomic mass is 9.75. The van der Waals surface area contributed by atoms with Crippen LogP contribution in [0.1, 0.15) is 114 Å². The molecule has 0 spiro atoms. The van der Waals surface area contributed by atoms with E-state index >= 15 is 0 Å². The van der Waals surface area contributed by atoms with Crippen molar-refractivity contribution < 1.29 is 5.11 Å². The topological polar surface area (TPSA) is 20.2 Å². The van der Waals surface area contributed by atoms with Crippen LogP contribution >= 0.6 is 0 Å². The summed E-state index contributed by atoms with van der Waals surface area (Å²) in [7, 11) is 0. The molecule has 0 bridgehead atoms. The molecule has 0 unspecified atom stereocenters. The summed E-state index contributed by atoms with van der Waals surface area (Å²) >= 11 is 3.92. The summed E-state index contributed by atoms with van der Waals surface area (Å²) in [5.74, 6) is 2.62. The molecular weight excluding hydrogens is 324 g/mol. The van der Waals surface area contributed by atoms with Crippen molar-refractivity contribution in [2.24, 2.45) is 5.92 Å². The average Bonchev–Trinajstić information content (AvgIpc) is 2.62. The van der Waals surface area contributed by atoms with Gasteiger partial charge in [0, 0.05) is 5.56 Å². The van der Waals surface area contributed by atoms with Gasteiger partial charge in [0.05, 0.1) is 0 Å². The Morgan fingerprint density at radius 2 is 1.44 bits per heavy atom. The SMILES string of the molecule is CCC1CCC(c2cc(C(C)(C)[SH2+])cc(C3CCCCC3)c2O)CC1. The Hall–Kier alpha value is -0.630. The van der Waals surface area contributed by atoms with E-state index in [9.17, 15) is 5.11 Å². The van der Waals surface area contributed by atoms with E-state index in [1.54, 1.807) is 0 Å². The molecule has 0 aromatic heterocycles. The van der Waals surface area contributed by atoms with Crippen molar-refractivity contribution in [3.8, 4) is 5.75 Å². The van der Waals surface area contributed by atoms with Crippen LogP contribution in [-0.2, 0) is 17.4 Å². The van der Waals surface area contributed by atoms with Crippen LogP contribution in [0, 0.1) is 5.92 Å². The largest absolute Gasteiger partial charge is 0.507 e. The number of rotatable bonds is 4. The highest BCUT2D eigenvalue weighted by Crippen LogP contribution is 2.46. The van der Waals surface area contributed by atoms with Crippen molar-refractivity contribution in [2.45, 2.75) is 102 Å². The maximum absolute atomic E-state index is 11.2. The third kappa shape index (κ3) is 4.38. The normalized spacial score (nSPS) is 25.9. The molecule has 2 heteroatoms. The smallest absolute Gasteiger partial charge is 0.143 e. The summed E-state index contributed by atoms with van der Waals surface area (Å²) in [4.78, 5) is 0. The van der Waals surface area contributed by atoms with Gasteiger partial charge in [0.25, 0.3) is 0 Å². The summed E-state index contributed by atoms with van der Waals surface area (Å²) in [5, 5.41) is 11.2. The Labute approximate surface area is 160 Å². The van der Waals surface area contributed by atoms with Crippen LogP contribution < -0.4 is 0 Å². The zero-order valence-electron chi connectivity index (χ0n) is 16.4. The highest BCUT2D eigenvalue weighted by Gasteiger charge is 2.31. The Morgan fingerprint density at radius 1 is 0.920 bits per heavy atom. The molecule has 0 saturated heterocycles. The van der Waals surface area contributed by atoms with Crippen molar-refractivity contribution >= 4 is 12.6 Å². The van der Waals surface area contributed by atoms with Gasteiger partial charge in [-0.3, -0.25) is 0 Å². The zero-order chi connectivity index (χ0) is 18.0. The lowest BCUT2D eigenvalue weighted by Crippen LogP contribution is -2.18. The molecule has 2 aliphatic carbocycles. The fourth-order valence-corrected chi connectivity index (χ4v) is 5.10. The van der Waals surface area contributed by atoms with Crippen LogP contribution in [0.5, 0.6) is 5.75 Å². The van der Waals surface area contributed by atoms with Crippen molar-refractivity contribution in [3.05, 3.63) is 28.8 Å². The first-order valence-corrected chi connectivity index (χ1v) is 11.0. The first kappa shape index (κ1) is 19.1. The van der Waals surface area contributed by atoms with Crippen molar-refractivity contribution in [1.29, 1.82) is 0 Å². The first-order chi connectivity index (χ1) is 11.9. The van der Waals surface area contributed by atoms with Gasteiger partial charge >= 0.3 is 0 Å². The van der Waals surface area contributed by atoms with Crippen LogP contribution in [0.4, 0.5) is 0 Å². The standard InChI is InChI=1S/C23H36OS/c1-4-16-10-12-18(13-11-16)21-15-19(23(2,3)25)14-20(22(21)24)17-8-6-5-7-9-17/h14-18,24-25H,4-13H2,1-3H3/p+1. The molecule has 1 aromatic rings. The Morgan fingerprint density at radius 3 is 1.92 bits per heavy atom. The molecule has 1 nitrogen and oxygen atoms in total. The van der Waals surface area contributed by atoms with Gasteiger partial charge in [-0.05, 0) is 106 Å². The molecule has 3 rings (SSSR count). The predicted molar refractivity (Wildman–Crippen MR) is 112 cm³/mol. The third-order valence-electron chi connectivity index (χ3n) is 6.80. The van der Waals surface area contributed by atoms with Crippen molar-refractivity contribution in [1.82, 2.24) is 0 Å². The molecule has 0 heterocycles. The highest BCUT2D eigenvalue weighted by molar-refractivity contribution is 7.59. The van der Waals surface area contributed by atoms with E-state index in [2.05, 4.69) is 45.5 Å². The van der Waals surface area contributed by atoms with Gasteiger partial charge in [-0.2, -0.15) is 0 Å². The number of aromatic hydroxyl groups is 1. The second kappa shape index (κ2) is 7.94. The molecule has 0 radical (unpaired) electrons. The van der Waals surface area contributed by atoms with Gasteiger partial charge < -0.3 is 5.11 Å². The zero-order valence-corrected chi connectivity index (χ0v) is 17.4. The minimum Gasteiger partial charge on any atom is -0.507 e. The van der Waals surface area contributed by atoms with Crippen molar-refractivity contribution in [3.63, 3.8) is 0 Å². The summed E-state index contributed by atoms with van der Waals surface area (Å²) in [6, 6.07) is 4.59. The van der Waals surface area contributed by atoms with Gasteiger partial charge in [0.15, 0.2) is 0 Å². The molecule has 140 valence electrons. The maximum atomic E-state index is 11.2. The van der Waals surface area contributed by atoms with E-state index in [0.717, 1.165) is 5.92 Å². The molecule has 25 heavy (non-hydrogen) atoms. The van der Waals surface area contributed by atoms with Crippen LogP contribution in [0.15, 0.2) is 12.1 Å². The van der Waals surface area contributed by atoms with Gasteiger partial charge in [0.1, 0.15) is 10.5 Å². The fourth-order valence-electron chi connectivity index (χ4n) is 4.96. The summed E-state index contributed by atoms with van der Waals surface area (Å²) in [6.07, 6.45) is 12.9. The summed E-state index contributed by atoms with van der Waals surface area (Å²) < 4.78 is -0.0491. The number of phenols is 1. The molecular formula is C23H37OS+. The Balaban J connectivity index is 1.96. The maximum Gasteiger partial charge on any atom is 0.143 e. The van der Waals surface area contributed by atoms with E-state index in [1.807, 2.05) is 0 Å². The molecule has 2 fully saturated rings. The van der Waals surface area contributed by atoms with E-state index < -0.39 is 0 Å². The molecule has 1 aromatic carbocycles. The minimum absolute atomic E-state index is 0.0491. The van der Waals surface area contributed by atoms with E-state index in [4.69, 9.17) is 0 Å². The number of hydrogen-bond donors (Lipinski definition) is 1. The molecule has 0 atom stereocenters. The molecule has 2 saturated carbocycles. The first-order valence-electron chi connectivity index (χ1n) is 10.5. The van der Waals surface area contributed by atoms with Crippen molar-refractivity contribution in [2.75, 3.05) is 0 Å². The summed E-state index contributed by atoms with van der Waals surface area (Å²) in [6.45, 7) is 6.76. The lowest BCUT2D eigenvalue weighted by Gasteiger charge is -2.31. The number of benzene rings is 1. The van der Waals surface area contributed by atoms with Gasteiger partial charge in [0.2, 0.25) is 0 Å². The van der Waals surface area contributed by atoms with E-state index in [0.29, 0.717) is 17.6 Å². The van der Waals surface area contributed by atoms with E-state index in [-0.39, 0.29) is 4.75 Å². The fraction of sp³-hybridized carbons (Fsp3) is 0.739. The molecule has 1 N–H and O–H groups in total. The second-order valence-corrected chi connectivity index (χ2v) is 10.3. The van der Waals surface area contributed by atoms with Crippen LogP contribution in [0.25, 0.3) is 0 Å². The third-order valence-corrected chi connectivity index (χ3v) is 7.09. The molecule has 2 aliphatic rings. The highest BCUT2D eigenvalue weighted by atomic mass is 32.1. The van der Waals surface area contributed by atoms with Gasteiger partial charge in [-0.1, -0.05) is 32.6 Å². The number of hydrogen-bond acceptors (Lipinski definition) is 1. The Bertz CT molecular complexity index is 572. The van der Waals surface area contributed by atoms with Crippen LogP contribution in [-0.4, -0.2) is 5.11 Å². The number of phenolic OH excluding ortho intramolecular Hbond substituents is 1. The quantitative estimate of drug-likeness (QED) is 0.618. The lowest BCUT2D eigenvalue weighted by molar-refractivity contribution is 0.312. The minimum atomic E-state index is -0.0491. The van der Waals surface area contributed by atoms with Crippen LogP contribution in [0.3, 0.4) is 0 Å². The predicted octanol–water partition coefficient (Wildman–Crippen LogP) is 6.37. The molecule has 0 aliphatic heterocycles. The molecule has 0 amide bonds. The van der Waals surface area contributed by atoms with E-state index in [1.165, 1.54) is 80.9 Å². The average molecular weight is 362 g/mol. The van der Waals surface area contributed by atoms with Gasteiger partial charge in [-0.15, -0.1) is 0 Å².